The maximum atomic E-state index is 2.49. The molecule has 0 saturated carbocycles. The molecule has 0 atom stereocenters. The molecule has 2 nitrogen and oxygen atoms in total. The number of aryl methyl sites for hydroxylation is 8. The van der Waals surface area contributed by atoms with Crippen molar-refractivity contribution in [3.63, 3.8) is 0 Å². The van der Waals surface area contributed by atoms with Crippen molar-refractivity contribution in [1.29, 1.82) is 0 Å². The van der Waals surface area contributed by atoms with Crippen LogP contribution >= 0.6 is 0 Å². The van der Waals surface area contributed by atoms with E-state index in [1.54, 1.807) is 0 Å². The number of fused-ring (bicyclic) bond motifs is 5. The van der Waals surface area contributed by atoms with Crippen LogP contribution in [0, 0.1) is 55.4 Å². The molecule has 0 amide bonds. The van der Waals surface area contributed by atoms with Crippen LogP contribution in [0.15, 0.2) is 133 Å². The molecule has 0 aromatic heterocycles. The molecule has 0 spiro atoms. The lowest BCUT2D eigenvalue weighted by Crippen LogP contribution is -2.14. The third-order valence-electron chi connectivity index (χ3n) is 10.7. The van der Waals surface area contributed by atoms with E-state index in [4.69, 9.17) is 0 Å². The number of nitrogens with zero attached hydrogens (tertiary/aromatic N) is 2. The summed E-state index contributed by atoms with van der Waals surface area (Å²) in [7, 11) is 0. The van der Waals surface area contributed by atoms with Crippen LogP contribution in [0.2, 0.25) is 0 Å². The summed E-state index contributed by atoms with van der Waals surface area (Å²) < 4.78 is 0. The van der Waals surface area contributed by atoms with Gasteiger partial charge in [-0.3, -0.25) is 0 Å². The van der Waals surface area contributed by atoms with Gasteiger partial charge in [-0.1, -0.05) is 119 Å². The van der Waals surface area contributed by atoms with Crippen molar-refractivity contribution in [2.24, 2.45) is 0 Å². The molecule has 0 N–H and O–H groups in total. The zero-order chi connectivity index (χ0) is 36.3. The van der Waals surface area contributed by atoms with E-state index in [0.29, 0.717) is 0 Å². The fraction of sp³-hybridized carbons (Fsp3) is 0.160. The van der Waals surface area contributed by atoms with Gasteiger partial charge < -0.3 is 9.80 Å². The molecule has 0 aliphatic rings. The smallest absolute Gasteiger partial charge is 0.0546 e. The van der Waals surface area contributed by atoms with Gasteiger partial charge in [-0.2, -0.15) is 0 Å². The number of hydrogen-bond donors (Lipinski definition) is 0. The Balaban J connectivity index is 1.49. The molecule has 0 aliphatic heterocycles. The maximum absolute atomic E-state index is 2.49. The van der Waals surface area contributed by atoms with Crippen molar-refractivity contribution in [2.45, 2.75) is 55.4 Å². The second kappa shape index (κ2) is 13.0. The van der Waals surface area contributed by atoms with Gasteiger partial charge in [0.1, 0.15) is 0 Å². The summed E-state index contributed by atoms with van der Waals surface area (Å²) in [5.74, 6) is 0. The Morgan fingerprint density at radius 1 is 0.250 bits per heavy atom. The lowest BCUT2D eigenvalue weighted by molar-refractivity contribution is 1.22. The van der Waals surface area contributed by atoms with E-state index in [-0.39, 0.29) is 0 Å². The maximum Gasteiger partial charge on any atom is 0.0546 e. The molecule has 0 fully saturated rings. The summed E-state index contributed by atoms with van der Waals surface area (Å²) in [5, 5.41) is 7.41. The minimum Gasteiger partial charge on any atom is -0.309 e. The van der Waals surface area contributed by atoms with Gasteiger partial charge in [0, 0.05) is 33.5 Å². The van der Waals surface area contributed by atoms with Gasteiger partial charge in [0.25, 0.3) is 0 Å². The standard InChI is InChI=1S/C50H46N2/c1-31-17-21-45(35(5)25-31)51(46-22-18-32(2)26-36(46)6)49-29-43-40-14-10-12-16-42(40)50(30-44(43)39-13-9-11-15-41(39)49)52(47-23-19-33(3)27-37(47)7)48-24-20-34(4)28-38(48)8/h9-30H,1-8H3. The summed E-state index contributed by atoms with van der Waals surface area (Å²) in [4.78, 5) is 4.98. The second-order valence-corrected chi connectivity index (χ2v) is 14.8. The lowest BCUT2D eigenvalue weighted by Gasteiger charge is -2.32. The molecular formula is C50H46N2. The highest BCUT2D eigenvalue weighted by atomic mass is 15.2. The van der Waals surface area contributed by atoms with Gasteiger partial charge in [0.2, 0.25) is 0 Å². The first kappa shape index (κ1) is 33.3. The predicted molar refractivity (Wildman–Crippen MR) is 226 cm³/mol. The Kier molecular flexibility index (Phi) is 8.35. The molecule has 0 aliphatic carbocycles. The van der Waals surface area contributed by atoms with Crippen molar-refractivity contribution in [1.82, 2.24) is 0 Å². The average molecular weight is 675 g/mol. The number of benzene rings is 8. The van der Waals surface area contributed by atoms with Gasteiger partial charge in [0.15, 0.2) is 0 Å². The Labute approximate surface area is 308 Å². The van der Waals surface area contributed by atoms with Crippen molar-refractivity contribution >= 4 is 66.4 Å². The minimum absolute atomic E-state index is 1.18. The third kappa shape index (κ3) is 5.69. The van der Waals surface area contributed by atoms with Crippen LogP contribution in [0.4, 0.5) is 34.1 Å². The van der Waals surface area contributed by atoms with Crippen molar-refractivity contribution in [3.05, 3.63) is 178 Å². The van der Waals surface area contributed by atoms with Crippen molar-refractivity contribution < 1.29 is 0 Å². The molecule has 0 unspecified atom stereocenters. The zero-order valence-corrected chi connectivity index (χ0v) is 31.6. The van der Waals surface area contributed by atoms with E-state index in [9.17, 15) is 0 Å². The van der Waals surface area contributed by atoms with E-state index in [1.807, 2.05) is 0 Å². The Morgan fingerprint density at radius 2 is 0.519 bits per heavy atom. The molecular weight excluding hydrogens is 629 g/mol. The molecule has 8 aromatic rings. The van der Waals surface area contributed by atoms with E-state index in [0.717, 1.165) is 0 Å². The third-order valence-corrected chi connectivity index (χ3v) is 10.7. The Morgan fingerprint density at radius 3 is 0.788 bits per heavy atom. The second-order valence-electron chi connectivity index (χ2n) is 14.8. The number of hydrogen-bond acceptors (Lipinski definition) is 2. The van der Waals surface area contributed by atoms with E-state index in [2.05, 4.69) is 199 Å². The van der Waals surface area contributed by atoms with Crippen molar-refractivity contribution in [2.75, 3.05) is 9.80 Å². The highest BCUT2D eigenvalue weighted by Crippen LogP contribution is 2.49. The molecule has 0 bridgehead atoms. The van der Waals surface area contributed by atoms with E-state index >= 15 is 0 Å². The van der Waals surface area contributed by atoms with Gasteiger partial charge >= 0.3 is 0 Å². The van der Waals surface area contributed by atoms with Crippen molar-refractivity contribution in [3.8, 4) is 0 Å². The van der Waals surface area contributed by atoms with Gasteiger partial charge in [-0.05, 0) is 136 Å². The molecule has 256 valence electrons. The van der Waals surface area contributed by atoms with Crippen LogP contribution in [-0.4, -0.2) is 0 Å². The number of rotatable bonds is 6. The van der Waals surface area contributed by atoms with Gasteiger partial charge in [-0.15, -0.1) is 0 Å². The average Bonchev–Trinajstić information content (AvgIpc) is 3.11. The topological polar surface area (TPSA) is 6.48 Å². The molecule has 2 heteroatoms. The summed E-state index contributed by atoms with van der Waals surface area (Å²) >= 11 is 0. The highest BCUT2D eigenvalue weighted by Gasteiger charge is 2.24. The van der Waals surface area contributed by atoms with Gasteiger partial charge in [-0.25, -0.2) is 0 Å². The first-order valence-electron chi connectivity index (χ1n) is 18.4. The normalized spacial score (nSPS) is 11.5. The zero-order valence-electron chi connectivity index (χ0n) is 31.6. The van der Waals surface area contributed by atoms with E-state index in [1.165, 1.54) is 111 Å². The minimum atomic E-state index is 1.18. The monoisotopic (exact) mass is 674 g/mol. The van der Waals surface area contributed by atoms with E-state index < -0.39 is 0 Å². The molecule has 0 radical (unpaired) electrons. The van der Waals surface area contributed by atoms with Crippen LogP contribution in [0.1, 0.15) is 44.5 Å². The largest absolute Gasteiger partial charge is 0.309 e. The van der Waals surface area contributed by atoms with Crippen LogP contribution in [0.25, 0.3) is 32.3 Å². The summed E-state index contributed by atoms with van der Waals surface area (Å²) in [6.07, 6.45) is 0. The van der Waals surface area contributed by atoms with Crippen LogP contribution in [0.3, 0.4) is 0 Å². The van der Waals surface area contributed by atoms with Gasteiger partial charge in [0.05, 0.1) is 11.4 Å². The fourth-order valence-corrected chi connectivity index (χ4v) is 8.29. The lowest BCUT2D eigenvalue weighted by atomic mass is 9.92. The fourth-order valence-electron chi connectivity index (χ4n) is 8.29. The molecule has 0 heterocycles. The first-order valence-corrected chi connectivity index (χ1v) is 18.4. The summed E-state index contributed by atoms with van der Waals surface area (Å²) in [5.41, 5.74) is 17.2. The molecule has 0 saturated heterocycles. The molecule has 8 rings (SSSR count). The summed E-state index contributed by atoms with van der Waals surface area (Å²) in [6.45, 7) is 17.6. The Hall–Kier alpha value is -5.86. The predicted octanol–water partition coefficient (Wildman–Crippen LogP) is 14.6. The first-order chi connectivity index (χ1) is 25.1. The molecule has 8 aromatic carbocycles. The SMILES string of the molecule is Cc1ccc(N(c2ccc(C)cc2C)c2cc3c4ccccc4c(N(c4ccc(C)cc4C)c4ccc(C)cc4C)cc3c3ccccc23)c(C)c1. The number of anilines is 6. The van der Waals surface area contributed by atoms with Crippen LogP contribution in [-0.2, 0) is 0 Å². The quantitative estimate of drug-likeness (QED) is 0.162. The highest BCUT2D eigenvalue weighted by molar-refractivity contribution is 6.24. The van der Waals surface area contributed by atoms with Crippen LogP contribution in [0.5, 0.6) is 0 Å². The molecule has 52 heavy (non-hydrogen) atoms. The Bertz CT molecular complexity index is 2390. The van der Waals surface area contributed by atoms with Crippen LogP contribution < -0.4 is 9.80 Å². The summed E-state index contributed by atoms with van der Waals surface area (Å²) in [6, 6.07) is 50.1.